The molecule has 0 spiro atoms. The molecule has 0 aromatic carbocycles. The van der Waals surface area contributed by atoms with E-state index in [1.165, 1.54) is 0 Å². The highest BCUT2D eigenvalue weighted by atomic mass is 35.5. The standard InChI is InChI=1S/C9H10ClN3/c1-6(10)9-12-7-5-11-4-3-8(7)13(9)2/h3-6H,1-2H3. The highest BCUT2D eigenvalue weighted by molar-refractivity contribution is 6.20. The average Bonchev–Trinajstić information content (AvgIpc) is 2.45. The molecular weight excluding hydrogens is 186 g/mol. The molecule has 0 amide bonds. The fourth-order valence-electron chi connectivity index (χ4n) is 1.43. The summed E-state index contributed by atoms with van der Waals surface area (Å²) in [6.07, 6.45) is 3.50. The van der Waals surface area contributed by atoms with Crippen LogP contribution in [0, 0.1) is 0 Å². The first-order chi connectivity index (χ1) is 6.20. The number of rotatable bonds is 1. The van der Waals surface area contributed by atoms with Crippen molar-refractivity contribution in [3.63, 3.8) is 0 Å². The Morgan fingerprint density at radius 3 is 2.92 bits per heavy atom. The van der Waals surface area contributed by atoms with Crippen LogP contribution in [0.2, 0.25) is 0 Å². The van der Waals surface area contributed by atoms with Crippen molar-refractivity contribution in [2.75, 3.05) is 0 Å². The van der Waals surface area contributed by atoms with Crippen LogP contribution in [0.3, 0.4) is 0 Å². The lowest BCUT2D eigenvalue weighted by Gasteiger charge is -2.02. The van der Waals surface area contributed by atoms with Gasteiger partial charge in [-0.3, -0.25) is 4.98 Å². The molecule has 2 aromatic rings. The van der Waals surface area contributed by atoms with Crippen LogP contribution in [0.25, 0.3) is 11.0 Å². The Morgan fingerprint density at radius 2 is 2.31 bits per heavy atom. The van der Waals surface area contributed by atoms with Gasteiger partial charge in [-0.1, -0.05) is 0 Å². The van der Waals surface area contributed by atoms with E-state index in [0.29, 0.717) is 0 Å². The Balaban J connectivity index is 2.74. The van der Waals surface area contributed by atoms with Crippen molar-refractivity contribution in [1.82, 2.24) is 14.5 Å². The lowest BCUT2D eigenvalue weighted by atomic mass is 10.4. The van der Waals surface area contributed by atoms with Gasteiger partial charge in [-0.2, -0.15) is 0 Å². The summed E-state index contributed by atoms with van der Waals surface area (Å²) < 4.78 is 1.99. The van der Waals surface area contributed by atoms with Crippen LogP contribution in [0.5, 0.6) is 0 Å². The minimum absolute atomic E-state index is 0.0719. The van der Waals surface area contributed by atoms with Crippen LogP contribution in [0.1, 0.15) is 18.1 Å². The monoisotopic (exact) mass is 195 g/mol. The van der Waals surface area contributed by atoms with E-state index in [2.05, 4.69) is 9.97 Å². The molecule has 0 fully saturated rings. The van der Waals surface area contributed by atoms with E-state index in [0.717, 1.165) is 16.9 Å². The van der Waals surface area contributed by atoms with Gasteiger partial charge < -0.3 is 4.57 Å². The maximum Gasteiger partial charge on any atom is 0.127 e. The van der Waals surface area contributed by atoms with Crippen molar-refractivity contribution < 1.29 is 0 Å². The molecule has 0 aliphatic rings. The number of hydrogen-bond acceptors (Lipinski definition) is 2. The lowest BCUT2D eigenvalue weighted by molar-refractivity contribution is 0.812. The molecule has 0 radical (unpaired) electrons. The highest BCUT2D eigenvalue weighted by Gasteiger charge is 2.11. The van der Waals surface area contributed by atoms with Crippen molar-refractivity contribution in [1.29, 1.82) is 0 Å². The highest BCUT2D eigenvalue weighted by Crippen LogP contribution is 2.22. The fraction of sp³-hybridized carbons (Fsp3) is 0.333. The maximum atomic E-state index is 5.98. The topological polar surface area (TPSA) is 30.7 Å². The van der Waals surface area contributed by atoms with E-state index in [-0.39, 0.29) is 5.38 Å². The number of alkyl halides is 1. The predicted octanol–water partition coefficient (Wildman–Crippen LogP) is 2.27. The first-order valence-electron chi connectivity index (χ1n) is 4.10. The van der Waals surface area contributed by atoms with E-state index < -0.39 is 0 Å². The van der Waals surface area contributed by atoms with Crippen molar-refractivity contribution in [2.24, 2.45) is 7.05 Å². The summed E-state index contributed by atoms with van der Waals surface area (Å²) in [7, 11) is 1.96. The number of nitrogens with zero attached hydrogens (tertiary/aromatic N) is 3. The predicted molar refractivity (Wildman–Crippen MR) is 52.8 cm³/mol. The van der Waals surface area contributed by atoms with Crippen molar-refractivity contribution in [3.05, 3.63) is 24.3 Å². The third-order valence-corrected chi connectivity index (χ3v) is 2.27. The van der Waals surface area contributed by atoms with Crippen LogP contribution < -0.4 is 0 Å². The zero-order valence-corrected chi connectivity index (χ0v) is 8.28. The van der Waals surface area contributed by atoms with E-state index in [9.17, 15) is 0 Å². The van der Waals surface area contributed by atoms with Crippen LogP contribution in [-0.2, 0) is 7.05 Å². The Morgan fingerprint density at radius 1 is 1.54 bits per heavy atom. The summed E-state index contributed by atoms with van der Waals surface area (Å²) in [5, 5.41) is -0.0719. The molecule has 0 N–H and O–H groups in total. The Hall–Kier alpha value is -1.09. The third kappa shape index (κ3) is 1.29. The van der Waals surface area contributed by atoms with Crippen molar-refractivity contribution >= 4 is 22.6 Å². The Kier molecular flexibility index (Phi) is 1.96. The van der Waals surface area contributed by atoms with Gasteiger partial charge in [0.15, 0.2) is 0 Å². The number of imidazole rings is 1. The SMILES string of the molecule is CC(Cl)c1nc2cnccc2n1C. The largest absolute Gasteiger partial charge is 0.330 e. The summed E-state index contributed by atoms with van der Waals surface area (Å²) in [5.41, 5.74) is 1.96. The Labute approximate surface area is 81.4 Å². The second-order valence-corrected chi connectivity index (χ2v) is 3.66. The van der Waals surface area contributed by atoms with Crippen LogP contribution in [0.15, 0.2) is 18.5 Å². The average molecular weight is 196 g/mol. The number of fused-ring (bicyclic) bond motifs is 1. The number of hydrogen-bond donors (Lipinski definition) is 0. The maximum absolute atomic E-state index is 5.98. The molecule has 0 saturated carbocycles. The quantitative estimate of drug-likeness (QED) is 0.654. The van der Waals surface area contributed by atoms with Gasteiger partial charge in [-0.25, -0.2) is 4.98 Å². The summed E-state index contributed by atoms with van der Waals surface area (Å²) in [6.45, 7) is 1.91. The van der Waals surface area contributed by atoms with Crippen LogP contribution in [0.4, 0.5) is 0 Å². The summed E-state index contributed by atoms with van der Waals surface area (Å²) in [4.78, 5) is 8.39. The van der Waals surface area contributed by atoms with Crippen molar-refractivity contribution in [3.8, 4) is 0 Å². The first-order valence-corrected chi connectivity index (χ1v) is 4.54. The van der Waals surface area contributed by atoms with Gasteiger partial charge in [0.2, 0.25) is 0 Å². The smallest absolute Gasteiger partial charge is 0.127 e. The normalized spacial score (nSPS) is 13.5. The molecule has 0 aliphatic heterocycles. The zero-order chi connectivity index (χ0) is 9.42. The van der Waals surface area contributed by atoms with Gasteiger partial charge in [0.1, 0.15) is 11.3 Å². The number of pyridine rings is 1. The zero-order valence-electron chi connectivity index (χ0n) is 7.53. The van der Waals surface area contributed by atoms with Gasteiger partial charge in [0, 0.05) is 13.2 Å². The minimum atomic E-state index is -0.0719. The molecule has 3 nitrogen and oxygen atoms in total. The molecular formula is C9H10ClN3. The van der Waals surface area contributed by atoms with Gasteiger partial charge >= 0.3 is 0 Å². The van der Waals surface area contributed by atoms with Crippen LogP contribution in [-0.4, -0.2) is 14.5 Å². The van der Waals surface area contributed by atoms with Crippen LogP contribution >= 0.6 is 11.6 Å². The first kappa shape index (κ1) is 8.51. The second-order valence-electron chi connectivity index (χ2n) is 3.01. The minimum Gasteiger partial charge on any atom is -0.330 e. The fourth-order valence-corrected chi connectivity index (χ4v) is 1.62. The van der Waals surface area contributed by atoms with E-state index in [1.807, 2.05) is 24.6 Å². The molecule has 2 heterocycles. The molecule has 4 heteroatoms. The lowest BCUT2D eigenvalue weighted by Crippen LogP contribution is -1.97. The molecule has 13 heavy (non-hydrogen) atoms. The van der Waals surface area contributed by atoms with Gasteiger partial charge in [0.25, 0.3) is 0 Å². The molecule has 1 atom stereocenters. The Bertz CT molecular complexity index is 433. The van der Waals surface area contributed by atoms with Gasteiger partial charge in [-0.15, -0.1) is 11.6 Å². The molecule has 2 aromatic heterocycles. The summed E-state index contributed by atoms with van der Waals surface area (Å²) in [6, 6.07) is 1.94. The molecule has 1 unspecified atom stereocenters. The van der Waals surface area contributed by atoms with Crippen molar-refractivity contribution in [2.45, 2.75) is 12.3 Å². The molecule has 0 bridgehead atoms. The van der Waals surface area contributed by atoms with E-state index in [1.54, 1.807) is 12.4 Å². The number of aryl methyl sites for hydroxylation is 1. The van der Waals surface area contributed by atoms with E-state index >= 15 is 0 Å². The number of aromatic nitrogens is 3. The number of halogens is 1. The van der Waals surface area contributed by atoms with E-state index in [4.69, 9.17) is 11.6 Å². The summed E-state index contributed by atoms with van der Waals surface area (Å²) >= 11 is 5.98. The second kappa shape index (κ2) is 3.00. The van der Waals surface area contributed by atoms with Gasteiger partial charge in [-0.05, 0) is 13.0 Å². The molecule has 0 aliphatic carbocycles. The molecule has 68 valence electrons. The van der Waals surface area contributed by atoms with Gasteiger partial charge in [0.05, 0.1) is 17.1 Å². The third-order valence-electron chi connectivity index (χ3n) is 2.07. The molecule has 2 rings (SSSR count). The summed E-state index contributed by atoms with van der Waals surface area (Å²) in [5.74, 6) is 0.879. The molecule has 0 saturated heterocycles.